The van der Waals surface area contributed by atoms with Crippen LogP contribution in [0.25, 0.3) is 0 Å². The van der Waals surface area contributed by atoms with Gasteiger partial charge in [0.25, 0.3) is 0 Å². The highest BCUT2D eigenvalue weighted by atomic mass is 16.5. The Hall–Kier alpha value is -0.160. The van der Waals surface area contributed by atoms with Gasteiger partial charge in [0.1, 0.15) is 0 Å². The molecule has 2 N–H and O–H groups in total. The third kappa shape index (κ3) is 3.17. The van der Waals surface area contributed by atoms with E-state index in [0.717, 1.165) is 32.8 Å². The molecule has 1 heterocycles. The maximum absolute atomic E-state index is 5.93. The molecular weight excluding hydrogens is 204 g/mol. The molecule has 1 fully saturated rings. The average molecular weight is 230 g/mol. The number of ether oxygens (including phenoxy) is 2. The molecule has 0 bridgehead atoms. The summed E-state index contributed by atoms with van der Waals surface area (Å²) in [6.45, 7) is 11.1. The highest BCUT2D eigenvalue weighted by molar-refractivity contribution is 4.92. The fourth-order valence-corrected chi connectivity index (χ4v) is 2.28. The second-order valence-electron chi connectivity index (χ2n) is 4.67. The molecule has 2 unspecified atom stereocenters. The molecule has 1 rings (SSSR count). The van der Waals surface area contributed by atoms with Crippen molar-refractivity contribution in [3.63, 3.8) is 0 Å². The second kappa shape index (κ2) is 6.55. The molecule has 16 heavy (non-hydrogen) atoms. The summed E-state index contributed by atoms with van der Waals surface area (Å²) < 4.78 is 11.1. The number of hydrogen-bond donors (Lipinski definition) is 1. The molecule has 2 atom stereocenters. The summed E-state index contributed by atoms with van der Waals surface area (Å²) >= 11 is 0. The molecule has 96 valence electrons. The minimum atomic E-state index is -0.0551. The van der Waals surface area contributed by atoms with Gasteiger partial charge in [-0.05, 0) is 20.3 Å². The molecule has 4 nitrogen and oxygen atoms in total. The highest BCUT2D eigenvalue weighted by Crippen LogP contribution is 2.22. The molecule has 0 amide bonds. The van der Waals surface area contributed by atoms with Crippen LogP contribution in [0.4, 0.5) is 0 Å². The first-order chi connectivity index (χ1) is 7.68. The standard InChI is InChI=1S/C12H26N2O2/c1-4-11-8-16-7-6-14(11)12(3,9-13)10-15-5-2/h11H,4-10,13H2,1-3H3. The van der Waals surface area contributed by atoms with Gasteiger partial charge in [-0.25, -0.2) is 0 Å². The van der Waals surface area contributed by atoms with Gasteiger partial charge in [0.05, 0.1) is 25.4 Å². The molecular formula is C12H26N2O2. The minimum absolute atomic E-state index is 0.0551. The van der Waals surface area contributed by atoms with Crippen LogP contribution in [0.2, 0.25) is 0 Å². The normalized spacial score (nSPS) is 26.6. The van der Waals surface area contributed by atoms with E-state index in [1.54, 1.807) is 0 Å². The van der Waals surface area contributed by atoms with Gasteiger partial charge in [0, 0.05) is 25.7 Å². The lowest BCUT2D eigenvalue weighted by Crippen LogP contribution is -2.62. The Balaban J connectivity index is 2.67. The fraction of sp³-hybridized carbons (Fsp3) is 1.00. The average Bonchev–Trinajstić information content (AvgIpc) is 2.36. The molecule has 1 aliphatic heterocycles. The zero-order chi connectivity index (χ0) is 12.0. The van der Waals surface area contributed by atoms with Gasteiger partial charge in [-0.2, -0.15) is 0 Å². The Bertz CT molecular complexity index is 201. The van der Waals surface area contributed by atoms with Crippen molar-refractivity contribution in [2.75, 3.05) is 39.5 Å². The third-order valence-corrected chi connectivity index (χ3v) is 3.45. The molecule has 0 spiro atoms. The van der Waals surface area contributed by atoms with Crippen LogP contribution in [0.3, 0.4) is 0 Å². The Labute approximate surface area is 99.1 Å². The summed E-state index contributed by atoms with van der Waals surface area (Å²) in [5.41, 5.74) is 5.88. The quantitative estimate of drug-likeness (QED) is 0.735. The van der Waals surface area contributed by atoms with Crippen LogP contribution >= 0.6 is 0 Å². The van der Waals surface area contributed by atoms with E-state index in [0.29, 0.717) is 19.2 Å². The number of morpholine rings is 1. The molecule has 0 saturated carbocycles. The number of nitrogens with two attached hydrogens (primary N) is 1. The summed E-state index contributed by atoms with van der Waals surface area (Å²) in [5, 5.41) is 0. The van der Waals surface area contributed by atoms with Crippen LogP contribution in [-0.4, -0.2) is 56.0 Å². The van der Waals surface area contributed by atoms with Crippen molar-refractivity contribution in [1.82, 2.24) is 4.90 Å². The summed E-state index contributed by atoms with van der Waals surface area (Å²) in [4.78, 5) is 2.46. The van der Waals surface area contributed by atoms with E-state index >= 15 is 0 Å². The molecule has 0 radical (unpaired) electrons. The van der Waals surface area contributed by atoms with Gasteiger partial charge >= 0.3 is 0 Å². The summed E-state index contributed by atoms with van der Waals surface area (Å²) in [7, 11) is 0. The molecule has 0 aromatic carbocycles. The Morgan fingerprint density at radius 1 is 1.50 bits per heavy atom. The van der Waals surface area contributed by atoms with Crippen LogP contribution in [0.5, 0.6) is 0 Å². The van der Waals surface area contributed by atoms with Crippen molar-refractivity contribution >= 4 is 0 Å². The highest BCUT2D eigenvalue weighted by Gasteiger charge is 2.36. The summed E-state index contributed by atoms with van der Waals surface area (Å²) in [6, 6.07) is 0.475. The van der Waals surface area contributed by atoms with Gasteiger partial charge in [-0.15, -0.1) is 0 Å². The first kappa shape index (κ1) is 13.9. The van der Waals surface area contributed by atoms with E-state index in [1.165, 1.54) is 0 Å². The first-order valence-electron chi connectivity index (χ1n) is 6.30. The van der Waals surface area contributed by atoms with Crippen molar-refractivity contribution in [2.24, 2.45) is 5.73 Å². The minimum Gasteiger partial charge on any atom is -0.380 e. The van der Waals surface area contributed by atoms with Crippen LogP contribution in [-0.2, 0) is 9.47 Å². The maximum Gasteiger partial charge on any atom is 0.0660 e. The molecule has 0 aliphatic carbocycles. The molecule has 0 aromatic rings. The van der Waals surface area contributed by atoms with E-state index < -0.39 is 0 Å². The van der Waals surface area contributed by atoms with Gasteiger partial charge in [-0.3, -0.25) is 4.90 Å². The van der Waals surface area contributed by atoms with Crippen LogP contribution in [0, 0.1) is 0 Å². The van der Waals surface area contributed by atoms with E-state index in [1.807, 2.05) is 6.92 Å². The smallest absolute Gasteiger partial charge is 0.0660 e. The van der Waals surface area contributed by atoms with Crippen LogP contribution in [0.15, 0.2) is 0 Å². The Kier molecular flexibility index (Phi) is 5.69. The lowest BCUT2D eigenvalue weighted by Gasteiger charge is -2.47. The van der Waals surface area contributed by atoms with Crippen molar-refractivity contribution in [3.8, 4) is 0 Å². The van der Waals surface area contributed by atoms with Gasteiger partial charge in [0.2, 0.25) is 0 Å². The first-order valence-corrected chi connectivity index (χ1v) is 6.30. The van der Waals surface area contributed by atoms with Gasteiger partial charge in [0.15, 0.2) is 0 Å². The van der Waals surface area contributed by atoms with Crippen molar-refractivity contribution < 1.29 is 9.47 Å². The van der Waals surface area contributed by atoms with Crippen molar-refractivity contribution in [3.05, 3.63) is 0 Å². The van der Waals surface area contributed by atoms with Crippen LogP contribution < -0.4 is 5.73 Å². The second-order valence-corrected chi connectivity index (χ2v) is 4.67. The zero-order valence-corrected chi connectivity index (χ0v) is 10.9. The van der Waals surface area contributed by atoms with E-state index in [9.17, 15) is 0 Å². The number of nitrogens with zero attached hydrogens (tertiary/aromatic N) is 1. The lowest BCUT2D eigenvalue weighted by molar-refractivity contribution is -0.0829. The Morgan fingerprint density at radius 2 is 2.25 bits per heavy atom. The van der Waals surface area contributed by atoms with Crippen LogP contribution in [0.1, 0.15) is 27.2 Å². The zero-order valence-electron chi connectivity index (χ0n) is 10.9. The van der Waals surface area contributed by atoms with Crippen molar-refractivity contribution in [1.29, 1.82) is 0 Å². The monoisotopic (exact) mass is 230 g/mol. The molecule has 0 aromatic heterocycles. The van der Waals surface area contributed by atoms with Gasteiger partial charge < -0.3 is 15.2 Å². The fourth-order valence-electron chi connectivity index (χ4n) is 2.28. The predicted molar refractivity (Wildman–Crippen MR) is 65.6 cm³/mol. The SMILES string of the molecule is CCOCC(C)(CN)N1CCOCC1CC. The third-order valence-electron chi connectivity index (χ3n) is 3.45. The number of hydrogen-bond acceptors (Lipinski definition) is 4. The largest absolute Gasteiger partial charge is 0.380 e. The summed E-state index contributed by atoms with van der Waals surface area (Å²) in [5.74, 6) is 0. The Morgan fingerprint density at radius 3 is 2.81 bits per heavy atom. The van der Waals surface area contributed by atoms with Gasteiger partial charge in [-0.1, -0.05) is 6.92 Å². The van der Waals surface area contributed by atoms with E-state index in [-0.39, 0.29) is 5.54 Å². The van der Waals surface area contributed by atoms with E-state index in [4.69, 9.17) is 15.2 Å². The van der Waals surface area contributed by atoms with E-state index in [2.05, 4.69) is 18.7 Å². The molecule has 1 aliphatic rings. The number of rotatable bonds is 6. The topological polar surface area (TPSA) is 47.7 Å². The molecule has 1 saturated heterocycles. The molecule has 4 heteroatoms. The maximum atomic E-state index is 5.93. The summed E-state index contributed by atoms with van der Waals surface area (Å²) in [6.07, 6.45) is 1.10. The lowest BCUT2D eigenvalue weighted by atomic mass is 9.97. The van der Waals surface area contributed by atoms with Crippen molar-refractivity contribution in [2.45, 2.75) is 38.8 Å². The predicted octanol–water partition coefficient (Wildman–Crippen LogP) is 0.851.